The average molecular weight is 476 g/mol. The second-order valence-corrected chi connectivity index (χ2v) is 10.4. The highest BCUT2D eigenvalue weighted by Crippen LogP contribution is 2.47. The van der Waals surface area contributed by atoms with E-state index in [-0.39, 0.29) is 35.0 Å². The zero-order valence-corrected chi connectivity index (χ0v) is 19.6. The smallest absolute Gasteiger partial charge is 0.252 e. The number of alkyl halides is 1. The molecule has 0 spiro atoms. The lowest BCUT2D eigenvalue weighted by atomic mass is 9.82. The fourth-order valence-corrected chi connectivity index (χ4v) is 5.72. The second kappa shape index (κ2) is 7.68. The number of hydrogen-bond acceptors (Lipinski definition) is 9. The maximum Gasteiger partial charge on any atom is 0.252 e. The van der Waals surface area contributed by atoms with Gasteiger partial charge in [-0.1, -0.05) is 0 Å². The number of benzene rings is 1. The molecule has 3 fully saturated rings. The standard InChI is InChI=1S/C24H26FN9O/c1-23-7-8-24(2,32-23)21(25)17(10-23)34(14-3-4-14)20-12-27-22(30-29-20)16-6-5-15(9-18(16)35)33-13-28-19(11-26)31-33/h5-6,9,12-14,17,21,32,35H,3-4,7-8,10H2,1-2H3/t17-,21-,23-,24+/m0/s1. The number of nitrogens with one attached hydrogen (secondary N) is 1. The fraction of sp³-hybridized carbons (Fsp3) is 0.500. The molecule has 11 heteroatoms. The van der Waals surface area contributed by atoms with Gasteiger partial charge in [-0.2, -0.15) is 5.26 Å². The molecule has 2 aliphatic heterocycles. The van der Waals surface area contributed by atoms with E-state index in [0.29, 0.717) is 23.5 Å². The Kier molecular flexibility index (Phi) is 4.79. The topological polar surface area (TPSA) is 129 Å². The molecule has 3 aliphatic rings. The van der Waals surface area contributed by atoms with Gasteiger partial charge in [0, 0.05) is 23.2 Å². The average Bonchev–Trinajstić information content (AvgIpc) is 3.48. The van der Waals surface area contributed by atoms with Gasteiger partial charge < -0.3 is 15.3 Å². The number of halogens is 1. The minimum atomic E-state index is -1.02. The van der Waals surface area contributed by atoms with E-state index in [1.165, 1.54) is 17.1 Å². The number of piperidine rings is 1. The van der Waals surface area contributed by atoms with Crippen molar-refractivity contribution in [3.8, 4) is 28.9 Å². The molecule has 1 saturated carbocycles. The predicted molar refractivity (Wildman–Crippen MR) is 125 cm³/mol. The van der Waals surface area contributed by atoms with Crippen molar-refractivity contribution in [1.29, 1.82) is 5.26 Å². The van der Waals surface area contributed by atoms with Crippen LogP contribution >= 0.6 is 0 Å². The molecule has 2 bridgehead atoms. The van der Waals surface area contributed by atoms with E-state index in [0.717, 1.165) is 25.7 Å². The SMILES string of the molecule is C[C@@]12CC[C@@](C)(N1)[C@@H](F)[C@@H](N(c1cnc(-c3ccc(-n4cnc(C#N)n4)cc3O)nn1)C1CC1)C2. The summed E-state index contributed by atoms with van der Waals surface area (Å²) in [5, 5.41) is 35.8. The molecule has 35 heavy (non-hydrogen) atoms. The molecule has 4 heterocycles. The summed E-state index contributed by atoms with van der Waals surface area (Å²) in [6.07, 6.45) is 6.52. The number of fused-ring (bicyclic) bond motifs is 2. The number of phenolic OH excluding ortho intramolecular Hbond substituents is 1. The number of anilines is 1. The molecule has 4 atom stereocenters. The summed E-state index contributed by atoms with van der Waals surface area (Å²) in [7, 11) is 0. The first-order valence-corrected chi connectivity index (χ1v) is 11.9. The van der Waals surface area contributed by atoms with E-state index in [1.807, 2.05) is 13.0 Å². The summed E-state index contributed by atoms with van der Waals surface area (Å²) < 4.78 is 17.2. The van der Waals surface area contributed by atoms with Gasteiger partial charge in [0.25, 0.3) is 5.82 Å². The number of rotatable bonds is 5. The molecular weight excluding hydrogens is 449 g/mol. The van der Waals surface area contributed by atoms with Crippen LogP contribution in [0, 0.1) is 11.3 Å². The van der Waals surface area contributed by atoms with Crippen molar-refractivity contribution in [3.05, 3.63) is 36.5 Å². The van der Waals surface area contributed by atoms with Crippen LogP contribution in [-0.2, 0) is 0 Å². The van der Waals surface area contributed by atoms with Crippen LogP contribution < -0.4 is 10.2 Å². The highest BCUT2D eigenvalue weighted by Gasteiger charge is 2.58. The van der Waals surface area contributed by atoms with Crippen molar-refractivity contribution < 1.29 is 9.50 Å². The van der Waals surface area contributed by atoms with Crippen molar-refractivity contribution in [2.75, 3.05) is 4.90 Å². The summed E-state index contributed by atoms with van der Waals surface area (Å²) in [5.74, 6) is 0.827. The summed E-state index contributed by atoms with van der Waals surface area (Å²) in [5.41, 5.74) is 0.342. The van der Waals surface area contributed by atoms with E-state index >= 15 is 4.39 Å². The number of hydrogen-bond donors (Lipinski definition) is 2. The maximum atomic E-state index is 15.8. The van der Waals surface area contributed by atoms with Crippen LogP contribution in [0.2, 0.25) is 0 Å². The van der Waals surface area contributed by atoms with Crippen molar-refractivity contribution in [1.82, 2.24) is 35.3 Å². The number of nitrogens with zero attached hydrogens (tertiary/aromatic N) is 8. The Hall–Kier alpha value is -3.65. The minimum absolute atomic E-state index is 0.0390. The molecule has 2 saturated heterocycles. The molecule has 3 aromatic rings. The Morgan fingerprint density at radius 2 is 2.06 bits per heavy atom. The van der Waals surface area contributed by atoms with Crippen molar-refractivity contribution in [3.63, 3.8) is 0 Å². The van der Waals surface area contributed by atoms with Crippen LogP contribution in [0.1, 0.15) is 51.8 Å². The molecule has 2 aromatic heterocycles. The van der Waals surface area contributed by atoms with Gasteiger partial charge in [-0.25, -0.2) is 19.0 Å². The zero-order chi connectivity index (χ0) is 24.4. The molecule has 180 valence electrons. The van der Waals surface area contributed by atoms with Gasteiger partial charge in [0.15, 0.2) is 11.6 Å². The van der Waals surface area contributed by atoms with E-state index in [4.69, 9.17) is 5.26 Å². The van der Waals surface area contributed by atoms with Crippen molar-refractivity contribution in [2.24, 2.45) is 0 Å². The molecular formula is C24H26FN9O. The molecule has 1 aromatic carbocycles. The van der Waals surface area contributed by atoms with Gasteiger partial charge in [0.05, 0.1) is 23.5 Å². The third-order valence-electron chi connectivity index (χ3n) is 7.58. The maximum absolute atomic E-state index is 15.8. The highest BCUT2D eigenvalue weighted by molar-refractivity contribution is 5.66. The first kappa shape index (κ1) is 21.9. The van der Waals surface area contributed by atoms with Crippen LogP contribution in [-0.4, -0.2) is 64.4 Å². The third-order valence-corrected chi connectivity index (χ3v) is 7.58. The van der Waals surface area contributed by atoms with Crippen LogP contribution in [0.4, 0.5) is 10.2 Å². The summed E-state index contributed by atoms with van der Waals surface area (Å²) >= 11 is 0. The Labute approximate surface area is 201 Å². The molecule has 10 nitrogen and oxygen atoms in total. The van der Waals surface area contributed by atoms with E-state index in [2.05, 4.69) is 42.4 Å². The zero-order valence-electron chi connectivity index (χ0n) is 19.6. The van der Waals surface area contributed by atoms with Gasteiger partial charge in [-0.15, -0.1) is 15.3 Å². The lowest BCUT2D eigenvalue weighted by Gasteiger charge is -2.48. The Bertz CT molecular complexity index is 1320. The molecule has 2 N–H and O–H groups in total. The van der Waals surface area contributed by atoms with E-state index in [9.17, 15) is 5.11 Å². The number of aromatic nitrogens is 6. The van der Waals surface area contributed by atoms with Crippen LogP contribution in [0.3, 0.4) is 0 Å². The molecule has 0 unspecified atom stereocenters. The first-order chi connectivity index (χ1) is 16.8. The second-order valence-electron chi connectivity index (χ2n) is 10.4. The number of phenols is 1. The molecule has 0 radical (unpaired) electrons. The first-order valence-electron chi connectivity index (χ1n) is 11.9. The fourth-order valence-electron chi connectivity index (χ4n) is 5.72. The van der Waals surface area contributed by atoms with Gasteiger partial charge in [-0.3, -0.25) is 0 Å². The monoisotopic (exact) mass is 475 g/mol. The van der Waals surface area contributed by atoms with E-state index < -0.39 is 11.7 Å². The van der Waals surface area contributed by atoms with Crippen LogP contribution in [0.5, 0.6) is 5.75 Å². The lowest BCUT2D eigenvalue weighted by Crippen LogP contribution is -2.66. The minimum Gasteiger partial charge on any atom is -0.507 e. The van der Waals surface area contributed by atoms with Crippen molar-refractivity contribution >= 4 is 5.82 Å². The Morgan fingerprint density at radius 1 is 1.23 bits per heavy atom. The van der Waals surface area contributed by atoms with Gasteiger partial charge >= 0.3 is 0 Å². The molecule has 1 aliphatic carbocycles. The van der Waals surface area contributed by atoms with Crippen molar-refractivity contribution in [2.45, 2.75) is 75.3 Å². The summed E-state index contributed by atoms with van der Waals surface area (Å²) in [6, 6.07) is 6.72. The predicted octanol–water partition coefficient (Wildman–Crippen LogP) is 2.68. The van der Waals surface area contributed by atoms with Gasteiger partial charge in [0.2, 0.25) is 0 Å². The van der Waals surface area contributed by atoms with Gasteiger partial charge in [0.1, 0.15) is 24.3 Å². The lowest BCUT2D eigenvalue weighted by molar-refractivity contribution is 0.0831. The quantitative estimate of drug-likeness (QED) is 0.572. The molecule has 0 amide bonds. The molecule has 6 rings (SSSR count). The largest absolute Gasteiger partial charge is 0.507 e. The third kappa shape index (κ3) is 3.69. The van der Waals surface area contributed by atoms with Gasteiger partial charge in [-0.05, 0) is 58.1 Å². The summed E-state index contributed by atoms with van der Waals surface area (Å²) in [6.45, 7) is 4.17. The normalized spacial score (nSPS) is 29.7. The van der Waals surface area contributed by atoms with E-state index in [1.54, 1.807) is 18.3 Å². The van der Waals surface area contributed by atoms with Crippen LogP contribution in [0.15, 0.2) is 30.7 Å². The Balaban J connectivity index is 1.28. The summed E-state index contributed by atoms with van der Waals surface area (Å²) in [4.78, 5) is 10.4. The number of nitriles is 1. The van der Waals surface area contributed by atoms with Crippen LogP contribution in [0.25, 0.3) is 17.1 Å². The highest BCUT2D eigenvalue weighted by atomic mass is 19.1. The number of aromatic hydroxyl groups is 1. The Morgan fingerprint density at radius 3 is 2.71 bits per heavy atom.